The van der Waals surface area contributed by atoms with E-state index in [4.69, 9.17) is 0 Å². The highest BCUT2D eigenvalue weighted by molar-refractivity contribution is 7.89. The molecular formula is C16H25N3O6S2. The van der Waals surface area contributed by atoms with E-state index in [1.807, 2.05) is 0 Å². The van der Waals surface area contributed by atoms with Gasteiger partial charge in [-0.1, -0.05) is 0 Å². The van der Waals surface area contributed by atoms with Gasteiger partial charge in [0.05, 0.1) is 17.6 Å². The predicted octanol–water partition coefficient (Wildman–Crippen LogP) is 0.270. The van der Waals surface area contributed by atoms with Crippen LogP contribution in [0, 0.1) is 5.92 Å². The molecule has 1 aromatic rings. The van der Waals surface area contributed by atoms with Crippen LogP contribution in [0.5, 0.6) is 0 Å². The number of carbonyl (C=O) groups excluding carboxylic acids is 1. The van der Waals surface area contributed by atoms with Crippen molar-refractivity contribution >= 4 is 26.2 Å². The number of sulfonamides is 1. The molecule has 0 unspecified atom stereocenters. The number of piperidine rings is 1. The minimum Gasteiger partial charge on any atom is -0.465 e. The Kier molecular flexibility index (Phi) is 6.98. The molecule has 0 radical (unpaired) electrons. The molecular weight excluding hydrogens is 394 g/mol. The molecule has 1 heterocycles. The van der Waals surface area contributed by atoms with E-state index in [1.54, 1.807) is 0 Å². The number of hydrogen-bond donors (Lipinski definition) is 1. The number of carbonyl (C=O) groups is 1. The summed E-state index contributed by atoms with van der Waals surface area (Å²) in [4.78, 5) is 11.5. The van der Waals surface area contributed by atoms with Gasteiger partial charge in [0.1, 0.15) is 0 Å². The highest BCUT2D eigenvalue weighted by atomic mass is 32.2. The second kappa shape index (κ2) is 8.65. The van der Waals surface area contributed by atoms with Gasteiger partial charge in [-0.3, -0.25) is 0 Å². The molecule has 1 aromatic carbocycles. The van der Waals surface area contributed by atoms with Crippen LogP contribution in [0.1, 0.15) is 23.2 Å². The molecule has 9 nitrogen and oxygen atoms in total. The van der Waals surface area contributed by atoms with Crippen molar-refractivity contribution in [2.45, 2.75) is 17.7 Å². The predicted molar refractivity (Wildman–Crippen MR) is 99.9 cm³/mol. The summed E-state index contributed by atoms with van der Waals surface area (Å²) in [5.41, 5.74) is 0.269. The van der Waals surface area contributed by atoms with E-state index in [1.165, 1.54) is 54.1 Å². The van der Waals surface area contributed by atoms with Crippen molar-refractivity contribution in [1.82, 2.24) is 13.3 Å². The fourth-order valence-electron chi connectivity index (χ4n) is 2.77. The van der Waals surface area contributed by atoms with E-state index in [2.05, 4.69) is 9.46 Å². The van der Waals surface area contributed by atoms with Crippen LogP contribution in [0.25, 0.3) is 0 Å². The van der Waals surface area contributed by atoms with Crippen LogP contribution in [0.4, 0.5) is 0 Å². The van der Waals surface area contributed by atoms with Crippen molar-refractivity contribution in [3.05, 3.63) is 29.8 Å². The highest BCUT2D eigenvalue weighted by Gasteiger charge is 2.30. The maximum Gasteiger partial charge on any atom is 0.337 e. The third kappa shape index (κ3) is 5.26. The molecule has 11 heteroatoms. The fraction of sp³-hybridized carbons (Fsp3) is 0.562. The zero-order chi connectivity index (χ0) is 20.2. The number of nitrogens with one attached hydrogen (secondary N) is 1. The molecule has 1 aliphatic heterocycles. The summed E-state index contributed by atoms with van der Waals surface area (Å²) in [6.45, 7) is 0.957. The summed E-state index contributed by atoms with van der Waals surface area (Å²) in [7, 11) is -2.91. The van der Waals surface area contributed by atoms with Crippen LogP contribution >= 0.6 is 0 Å². The van der Waals surface area contributed by atoms with Crippen molar-refractivity contribution in [3.8, 4) is 0 Å². The molecule has 0 saturated carbocycles. The van der Waals surface area contributed by atoms with Crippen LogP contribution in [0.2, 0.25) is 0 Å². The first-order valence-electron chi connectivity index (χ1n) is 8.43. The molecule has 0 aliphatic carbocycles. The number of ether oxygens (including phenoxy) is 1. The highest BCUT2D eigenvalue weighted by Crippen LogP contribution is 2.21. The fourth-order valence-corrected chi connectivity index (χ4v) is 5.02. The second-order valence-corrected chi connectivity index (χ2v) is 10.4. The Labute approximate surface area is 160 Å². The van der Waals surface area contributed by atoms with Crippen LogP contribution in [-0.2, 0) is 25.0 Å². The molecule has 0 amide bonds. The molecule has 0 spiro atoms. The second-order valence-electron chi connectivity index (χ2n) is 6.50. The number of rotatable bonds is 7. The van der Waals surface area contributed by atoms with Gasteiger partial charge in [0, 0.05) is 33.7 Å². The molecule has 0 bridgehead atoms. The Hall–Kier alpha value is -1.53. The average molecular weight is 420 g/mol. The minimum absolute atomic E-state index is 0.0581. The third-order valence-corrected chi connectivity index (χ3v) is 7.89. The van der Waals surface area contributed by atoms with Gasteiger partial charge in [0.15, 0.2) is 0 Å². The van der Waals surface area contributed by atoms with Crippen molar-refractivity contribution in [2.24, 2.45) is 5.92 Å². The van der Waals surface area contributed by atoms with Gasteiger partial charge in [-0.15, -0.1) is 0 Å². The number of benzene rings is 1. The maximum absolute atomic E-state index is 12.4. The maximum atomic E-state index is 12.4. The first-order valence-corrected chi connectivity index (χ1v) is 11.3. The topological polar surface area (TPSA) is 113 Å². The number of nitrogens with zero attached hydrogens (tertiary/aromatic N) is 2. The lowest BCUT2D eigenvalue weighted by molar-refractivity contribution is 0.0600. The van der Waals surface area contributed by atoms with Crippen LogP contribution < -0.4 is 4.72 Å². The Morgan fingerprint density at radius 3 is 2.19 bits per heavy atom. The standard InChI is InChI=1S/C16H25N3O6S2/c1-18(2)27(23,24)19-10-8-13(9-11-19)12-17-26(21,22)15-6-4-14(5-7-15)16(20)25-3/h4-7,13,17H,8-12H2,1-3H3. The number of methoxy groups -OCH3 is 1. The Morgan fingerprint density at radius 2 is 1.70 bits per heavy atom. The van der Waals surface area contributed by atoms with Gasteiger partial charge in [-0.05, 0) is 43.0 Å². The van der Waals surface area contributed by atoms with Gasteiger partial charge in [-0.25, -0.2) is 17.9 Å². The molecule has 0 atom stereocenters. The van der Waals surface area contributed by atoms with E-state index >= 15 is 0 Å². The average Bonchev–Trinajstić information content (AvgIpc) is 2.66. The van der Waals surface area contributed by atoms with E-state index in [-0.39, 0.29) is 22.9 Å². The van der Waals surface area contributed by atoms with Gasteiger partial charge < -0.3 is 4.74 Å². The van der Waals surface area contributed by atoms with E-state index < -0.39 is 26.2 Å². The van der Waals surface area contributed by atoms with Gasteiger partial charge in [0.2, 0.25) is 10.0 Å². The summed E-state index contributed by atoms with van der Waals surface area (Å²) in [5.74, 6) is -0.478. The first kappa shape index (κ1) is 21.8. The molecule has 27 heavy (non-hydrogen) atoms. The van der Waals surface area contributed by atoms with E-state index in [0.29, 0.717) is 25.9 Å². The molecule has 1 aliphatic rings. The largest absolute Gasteiger partial charge is 0.465 e. The molecule has 0 aromatic heterocycles. The smallest absolute Gasteiger partial charge is 0.337 e. The normalized spacial score (nSPS) is 17.2. The molecule has 152 valence electrons. The SMILES string of the molecule is COC(=O)c1ccc(S(=O)(=O)NCC2CCN(S(=O)(=O)N(C)C)CC2)cc1. The lowest BCUT2D eigenvalue weighted by atomic mass is 9.99. The minimum atomic E-state index is -3.71. The van der Waals surface area contributed by atoms with Crippen molar-refractivity contribution in [2.75, 3.05) is 40.8 Å². The molecule has 2 rings (SSSR count). The zero-order valence-electron chi connectivity index (χ0n) is 15.6. The van der Waals surface area contributed by atoms with E-state index in [0.717, 1.165) is 0 Å². The zero-order valence-corrected chi connectivity index (χ0v) is 17.2. The summed E-state index contributed by atoms with van der Waals surface area (Å²) < 4.78 is 58.7. The lowest BCUT2D eigenvalue weighted by Gasteiger charge is -2.32. The van der Waals surface area contributed by atoms with Crippen LogP contribution in [0.3, 0.4) is 0 Å². The number of esters is 1. The van der Waals surface area contributed by atoms with Gasteiger partial charge in [0.25, 0.3) is 10.2 Å². The third-order valence-electron chi connectivity index (χ3n) is 4.51. The quantitative estimate of drug-likeness (QED) is 0.635. The summed E-state index contributed by atoms with van der Waals surface area (Å²) >= 11 is 0. The van der Waals surface area contributed by atoms with Gasteiger partial charge in [-0.2, -0.15) is 17.0 Å². The van der Waals surface area contributed by atoms with Crippen molar-refractivity contribution in [3.63, 3.8) is 0 Å². The monoisotopic (exact) mass is 419 g/mol. The summed E-state index contributed by atoms with van der Waals surface area (Å²) in [6.07, 6.45) is 1.16. The Morgan fingerprint density at radius 1 is 1.15 bits per heavy atom. The first-order chi connectivity index (χ1) is 12.6. The van der Waals surface area contributed by atoms with E-state index in [9.17, 15) is 21.6 Å². The number of hydrogen-bond acceptors (Lipinski definition) is 6. The Balaban J connectivity index is 1.92. The molecule has 1 fully saturated rings. The Bertz CT molecular complexity index is 858. The van der Waals surface area contributed by atoms with Crippen molar-refractivity contribution in [1.29, 1.82) is 0 Å². The van der Waals surface area contributed by atoms with Crippen LogP contribution in [-0.4, -0.2) is 72.3 Å². The van der Waals surface area contributed by atoms with Gasteiger partial charge >= 0.3 is 5.97 Å². The van der Waals surface area contributed by atoms with Crippen LogP contribution in [0.15, 0.2) is 29.2 Å². The molecule has 1 N–H and O–H groups in total. The molecule has 1 saturated heterocycles. The lowest BCUT2D eigenvalue weighted by Crippen LogP contribution is -2.45. The summed E-state index contributed by atoms with van der Waals surface area (Å²) in [5, 5.41) is 0. The van der Waals surface area contributed by atoms with Crippen molar-refractivity contribution < 1.29 is 26.4 Å². The summed E-state index contributed by atoms with van der Waals surface area (Å²) in [6, 6.07) is 5.48.